The largest absolute Gasteiger partial charge is 0.456 e. The quantitative estimate of drug-likeness (QED) is 0.155. The normalized spacial score (nSPS) is 13.0. The van der Waals surface area contributed by atoms with E-state index in [1.807, 2.05) is 0 Å². The van der Waals surface area contributed by atoms with E-state index in [1.54, 1.807) is 0 Å². The molecule has 5 nitrogen and oxygen atoms in total. The predicted octanol–water partition coefficient (Wildman–Crippen LogP) is 29.4. The molecule has 0 aliphatic carbocycles. The van der Waals surface area contributed by atoms with E-state index in [1.165, 1.54) is 76.9 Å². The van der Waals surface area contributed by atoms with Crippen molar-refractivity contribution in [3.8, 4) is 100 Å². The molecule has 17 aromatic carbocycles. The minimum absolute atomic E-state index is 0.273. The lowest BCUT2D eigenvalue weighted by Gasteiger charge is -2.47. The van der Waals surface area contributed by atoms with Crippen LogP contribution in [0.5, 0.6) is 0 Å². The lowest BCUT2D eigenvalue weighted by Crippen LogP contribution is -2.61. The number of hydrogen-bond donors (Lipinski definition) is 0. The highest BCUT2D eigenvalue weighted by Gasteiger charge is 2.47. The first-order valence-electron chi connectivity index (χ1n) is 42.3. The fourth-order valence-corrected chi connectivity index (χ4v) is 20.1. The Balaban J connectivity index is 0.920. The summed E-state index contributed by atoms with van der Waals surface area (Å²) in [5.74, 6) is 0. The van der Waals surface area contributed by atoms with Crippen LogP contribution in [-0.2, 0) is 16.2 Å². The zero-order valence-electron chi connectivity index (χ0n) is 68.9. The van der Waals surface area contributed by atoms with Crippen molar-refractivity contribution < 1.29 is 4.42 Å². The molecule has 0 spiro atoms. The minimum Gasteiger partial charge on any atom is -0.456 e. The summed E-state index contributed by atoms with van der Waals surface area (Å²) in [4.78, 5) is 5.52. The van der Waals surface area contributed by atoms with Crippen molar-refractivity contribution in [1.82, 2.24) is 9.13 Å². The summed E-state index contributed by atoms with van der Waals surface area (Å²) in [6.07, 6.45) is 0. The van der Waals surface area contributed by atoms with E-state index in [4.69, 9.17) is 4.42 Å². The summed E-state index contributed by atoms with van der Waals surface area (Å²) < 4.78 is 12.0. The van der Waals surface area contributed by atoms with Gasteiger partial charge in [-0.15, -0.1) is 0 Å². The molecule has 13 bridgehead atoms. The molecule has 23 rings (SSSR count). The second kappa shape index (κ2) is 26.7. The summed E-state index contributed by atoms with van der Waals surface area (Å²) in [7, 11) is 0. The highest BCUT2D eigenvalue weighted by Crippen LogP contribution is 2.57. The molecule has 0 saturated carbocycles. The first-order chi connectivity index (χ1) is 58.4. The third kappa shape index (κ3) is 11.1. The third-order valence-corrected chi connectivity index (χ3v) is 26.0. The third-order valence-electron chi connectivity index (χ3n) is 26.0. The molecule has 0 N–H and O–H groups in total. The molecule has 0 atom stereocenters. The number of rotatable bonds is 6. The molecule has 6 heterocycles. The van der Waals surface area contributed by atoms with Gasteiger partial charge in [0.2, 0.25) is 0 Å². The van der Waals surface area contributed by atoms with Crippen LogP contribution in [0, 0.1) is 0 Å². The molecule has 3 aromatic heterocycles. The first-order valence-corrected chi connectivity index (χ1v) is 42.3. The smallest absolute Gasteiger partial charge is 0.252 e. The molecule has 3 aliphatic heterocycles. The van der Waals surface area contributed by atoms with Crippen LogP contribution in [0.2, 0.25) is 0 Å². The van der Waals surface area contributed by atoms with E-state index in [-0.39, 0.29) is 17.5 Å². The number of nitrogens with zero attached hydrogens (tertiary/aromatic N) is 4. The molecular formula is C114H87BN4O. The van der Waals surface area contributed by atoms with Gasteiger partial charge in [-0.3, -0.25) is 0 Å². The molecule has 0 fully saturated rings. The van der Waals surface area contributed by atoms with E-state index < -0.39 is 5.41 Å². The van der Waals surface area contributed by atoms with Crippen LogP contribution in [0.3, 0.4) is 0 Å². The monoisotopic (exact) mass is 1540 g/mol. The zero-order valence-corrected chi connectivity index (χ0v) is 68.9. The Bertz CT molecular complexity index is 7210. The second-order valence-electron chi connectivity index (χ2n) is 36.4. The highest BCUT2D eigenvalue weighted by molar-refractivity contribution is 7.00. The van der Waals surface area contributed by atoms with Gasteiger partial charge in [-0.05, 0) is 237 Å². The van der Waals surface area contributed by atoms with E-state index in [0.29, 0.717) is 0 Å². The van der Waals surface area contributed by atoms with Crippen LogP contribution >= 0.6 is 0 Å². The zero-order chi connectivity index (χ0) is 80.8. The van der Waals surface area contributed by atoms with Crippen molar-refractivity contribution in [2.75, 3.05) is 9.80 Å². The van der Waals surface area contributed by atoms with Gasteiger partial charge in [0.15, 0.2) is 0 Å². The molecule has 3 aliphatic rings. The number of anilines is 6. The Kier molecular flexibility index (Phi) is 15.8. The Morgan fingerprint density at radius 1 is 0.233 bits per heavy atom. The molecular weight excluding hydrogens is 1450 g/mol. The van der Waals surface area contributed by atoms with E-state index in [0.717, 1.165) is 156 Å². The Morgan fingerprint density at radius 2 is 0.558 bits per heavy atom. The molecule has 20 aromatic rings. The Hall–Kier alpha value is -14.2. The van der Waals surface area contributed by atoms with Gasteiger partial charge < -0.3 is 23.4 Å². The van der Waals surface area contributed by atoms with Crippen molar-refractivity contribution in [3.05, 3.63) is 381 Å². The molecule has 120 heavy (non-hydrogen) atoms. The van der Waals surface area contributed by atoms with Gasteiger partial charge in [0.1, 0.15) is 11.2 Å². The lowest BCUT2D eigenvalue weighted by molar-refractivity contribution is 0.590. The molecule has 6 heteroatoms. The fraction of sp³-hybridized carbons (Fsp3) is 0.105. The van der Waals surface area contributed by atoms with E-state index in [9.17, 15) is 0 Å². The van der Waals surface area contributed by atoms with Gasteiger partial charge in [0, 0.05) is 88.7 Å². The van der Waals surface area contributed by atoms with Crippen molar-refractivity contribution in [3.63, 3.8) is 0 Å². The fourth-order valence-electron chi connectivity index (χ4n) is 20.1. The van der Waals surface area contributed by atoms with Gasteiger partial charge in [0.25, 0.3) is 6.71 Å². The van der Waals surface area contributed by atoms with Crippen LogP contribution in [0.1, 0.15) is 79.0 Å². The van der Waals surface area contributed by atoms with Crippen LogP contribution in [0.4, 0.5) is 34.1 Å². The van der Waals surface area contributed by atoms with E-state index >= 15 is 0 Å². The summed E-state index contributed by atoms with van der Waals surface area (Å²) in [5.41, 5.74) is 39.8. The predicted molar refractivity (Wildman–Crippen MR) is 510 cm³/mol. The summed E-state index contributed by atoms with van der Waals surface area (Å²) in [6, 6.07) is 139. The lowest BCUT2D eigenvalue weighted by atomic mass is 9.33. The second-order valence-corrected chi connectivity index (χ2v) is 36.4. The maximum atomic E-state index is 6.86. The number of para-hydroxylation sites is 2. The Labute approximate surface area is 701 Å². The standard InChI is InChI=1S/C114H87BN4O/c1-112(2,3)80-62-89(72-34-18-12-19-35-72)110-91(64-80)78-40-26-38-74(58-78)76-50-56-105-93(60-76)94-61-77(51-57-106(94)120-105)75-39-27-41-79(59-75)92-65-81(113(4,5)6)63-90(73-36-20-13-21-37-73)111(92)119-102-69-84(117-98-47-25-23-43-88(98)108-86(45-29-49-100(108)117)71-32-16-11-17-33-71)53-55-96(102)115-95-54-52-83(68-101(95)118(110)103-66-82(114(7,8)9)67-104(119)109(103)115)116-97-46-24-22-42-87(97)107-85(44-28-48-99(107)116)70-30-14-10-15-31-70/h10-69H,1-9H3. The number of aromatic nitrogens is 2. The highest BCUT2D eigenvalue weighted by atomic mass is 16.3. The van der Waals surface area contributed by atoms with Gasteiger partial charge >= 0.3 is 0 Å². The Morgan fingerprint density at radius 3 is 0.958 bits per heavy atom. The average molecular weight is 1540 g/mol. The van der Waals surface area contributed by atoms with Gasteiger partial charge in [-0.2, -0.15) is 0 Å². The van der Waals surface area contributed by atoms with E-state index in [2.05, 4.69) is 445 Å². The maximum absolute atomic E-state index is 6.86. The molecule has 0 saturated heterocycles. The molecule has 0 radical (unpaired) electrons. The molecule has 0 unspecified atom stereocenters. The number of hydrogen-bond acceptors (Lipinski definition) is 3. The summed E-state index contributed by atoms with van der Waals surface area (Å²) in [5, 5.41) is 7.02. The van der Waals surface area contributed by atoms with Gasteiger partial charge in [-0.1, -0.05) is 305 Å². The maximum Gasteiger partial charge on any atom is 0.252 e. The van der Waals surface area contributed by atoms with Crippen LogP contribution in [0.15, 0.2) is 368 Å². The van der Waals surface area contributed by atoms with Crippen molar-refractivity contribution in [2.45, 2.75) is 78.6 Å². The SMILES string of the molecule is CC(C)(C)c1cc(-c2ccccc2)c2c(c1)-c1cccc(c1)-c1ccc3oc4ccc(cc4c3c1)-c1cccc(c1)-c1cc(C(C)(C)C)cc(-c3ccccc3)c1N1c3cc(-n4c5ccccc5c5c(-c6ccccc6)cccc54)ccc3B3c4ccc(-n5c6ccccc6c6c(-c7ccccc7)cccc65)cc4N2c2cc(C(C)(C)C)cc1c23. The van der Waals surface area contributed by atoms with Crippen LogP contribution in [0.25, 0.3) is 166 Å². The first kappa shape index (κ1) is 71.1. The van der Waals surface area contributed by atoms with Crippen molar-refractivity contribution >= 4 is 123 Å². The summed E-state index contributed by atoms with van der Waals surface area (Å²) in [6.45, 7) is 21.2. The molecule has 572 valence electrons. The average Bonchev–Trinajstić information content (AvgIpc) is 0.770. The van der Waals surface area contributed by atoms with Crippen LogP contribution < -0.4 is 26.2 Å². The molecule has 0 amide bonds. The minimum atomic E-state index is -0.394. The van der Waals surface area contributed by atoms with Gasteiger partial charge in [0.05, 0.1) is 33.4 Å². The summed E-state index contributed by atoms with van der Waals surface area (Å²) >= 11 is 0. The number of furan rings is 1. The topological polar surface area (TPSA) is 29.5 Å². The van der Waals surface area contributed by atoms with Gasteiger partial charge in [-0.25, -0.2) is 0 Å². The van der Waals surface area contributed by atoms with Crippen molar-refractivity contribution in [2.24, 2.45) is 0 Å². The number of benzene rings is 17. The van der Waals surface area contributed by atoms with Crippen molar-refractivity contribution in [1.29, 1.82) is 0 Å². The van der Waals surface area contributed by atoms with Crippen LogP contribution in [-0.4, -0.2) is 15.8 Å². The number of fused-ring (bicyclic) bond motifs is 26.